The number of carbonyl (C=O) groups is 1. The fourth-order valence-corrected chi connectivity index (χ4v) is 11.8. The second-order valence-electron chi connectivity index (χ2n) is 10.5. The van der Waals surface area contributed by atoms with Gasteiger partial charge in [-0.15, -0.1) is 0 Å². The maximum absolute atomic E-state index is 13.0. The molecule has 0 N–H and O–H groups in total. The average Bonchev–Trinajstić information content (AvgIpc) is 2.70. The Morgan fingerprint density at radius 3 is 1.42 bits per heavy atom. The largest absolute Gasteiger partial charge is 0.415 e. The van der Waals surface area contributed by atoms with Crippen molar-refractivity contribution in [2.75, 3.05) is 0 Å². The quantitative estimate of drug-likeness (QED) is 0.197. The van der Waals surface area contributed by atoms with Gasteiger partial charge in [-0.25, -0.2) is 0 Å². The van der Waals surface area contributed by atoms with Gasteiger partial charge in [0, 0.05) is 6.10 Å². The molecule has 0 aliphatic heterocycles. The smallest absolute Gasteiger partial charge is 0.193 e. The van der Waals surface area contributed by atoms with Crippen molar-refractivity contribution < 1.29 is 18.1 Å². The minimum atomic E-state index is -1.95. The molecular weight excluding hydrogens is 437 g/mol. The summed E-state index contributed by atoms with van der Waals surface area (Å²) >= 11 is 0. The first-order valence-electron chi connectivity index (χ1n) is 12.8. The van der Waals surface area contributed by atoms with E-state index in [0.717, 1.165) is 42.7 Å². The molecule has 0 bridgehead atoms. The molecule has 0 saturated carbocycles. The Hall–Kier alpha value is 0.201. The summed E-state index contributed by atoms with van der Waals surface area (Å²) in [5.74, 6) is 0.322. The molecular formula is C24H54O4Si3. The van der Waals surface area contributed by atoms with E-state index in [9.17, 15) is 4.79 Å². The lowest BCUT2D eigenvalue weighted by atomic mass is 9.93. The number of ketones is 1. The van der Waals surface area contributed by atoms with Crippen LogP contribution in [0.25, 0.3) is 0 Å². The minimum Gasteiger partial charge on any atom is -0.415 e. The van der Waals surface area contributed by atoms with Crippen molar-refractivity contribution in [3.05, 3.63) is 0 Å². The lowest BCUT2D eigenvalue weighted by Crippen LogP contribution is -2.54. The van der Waals surface area contributed by atoms with Gasteiger partial charge in [-0.3, -0.25) is 4.79 Å². The van der Waals surface area contributed by atoms with Crippen LogP contribution in [0.4, 0.5) is 0 Å². The second-order valence-corrected chi connectivity index (χ2v) is 24.4. The van der Waals surface area contributed by atoms with Gasteiger partial charge in [-0.1, -0.05) is 48.5 Å². The molecule has 0 aliphatic rings. The standard InChI is InChI=1S/C24H54O4Si3/c1-13-30(14-2,15-3)27-23(20(7)19-21(8)26-29(10,11)12)24(22(9)25)28-31(16-4,17-5)18-6/h20-21,23-24H,13-19H2,1-12H3/t20-,21+,23+,24+/m1/s1. The summed E-state index contributed by atoms with van der Waals surface area (Å²) in [4.78, 5) is 13.0. The number of Topliss-reactive ketones (excluding diaryl/α,β-unsaturated/α-hetero) is 1. The van der Waals surface area contributed by atoms with Gasteiger partial charge in [0.15, 0.2) is 30.7 Å². The van der Waals surface area contributed by atoms with Gasteiger partial charge < -0.3 is 13.3 Å². The van der Waals surface area contributed by atoms with Gasteiger partial charge in [0.05, 0.1) is 6.10 Å². The topological polar surface area (TPSA) is 44.8 Å². The van der Waals surface area contributed by atoms with Crippen LogP contribution in [0.1, 0.15) is 68.7 Å². The zero-order valence-corrected chi connectivity index (χ0v) is 25.9. The molecule has 0 spiro atoms. The van der Waals surface area contributed by atoms with Crippen LogP contribution in [-0.2, 0) is 18.1 Å². The van der Waals surface area contributed by atoms with Crippen LogP contribution in [0.3, 0.4) is 0 Å². The van der Waals surface area contributed by atoms with E-state index in [0.29, 0.717) is 0 Å². The number of hydrogen-bond acceptors (Lipinski definition) is 4. The van der Waals surface area contributed by atoms with Crippen molar-refractivity contribution in [3.63, 3.8) is 0 Å². The Kier molecular flexibility index (Phi) is 13.9. The molecule has 0 saturated heterocycles. The van der Waals surface area contributed by atoms with Crippen molar-refractivity contribution in [1.29, 1.82) is 0 Å². The van der Waals surface area contributed by atoms with Crippen LogP contribution in [0.5, 0.6) is 0 Å². The normalized spacial score (nSPS) is 17.3. The van der Waals surface area contributed by atoms with Crippen molar-refractivity contribution in [3.8, 4) is 0 Å². The zero-order chi connectivity index (χ0) is 24.5. The molecule has 0 aliphatic carbocycles. The third-order valence-corrected chi connectivity index (χ3v) is 17.5. The van der Waals surface area contributed by atoms with Crippen LogP contribution in [-0.4, -0.2) is 49.0 Å². The molecule has 0 fully saturated rings. The highest BCUT2D eigenvalue weighted by Crippen LogP contribution is 2.33. The maximum Gasteiger partial charge on any atom is 0.193 e. The van der Waals surface area contributed by atoms with E-state index in [4.69, 9.17) is 13.3 Å². The van der Waals surface area contributed by atoms with E-state index in [-0.39, 0.29) is 23.9 Å². The fourth-order valence-electron chi connectivity index (χ4n) is 4.73. The summed E-state index contributed by atoms with van der Waals surface area (Å²) in [5, 5.41) is 0. The molecule has 7 heteroatoms. The fraction of sp³-hybridized carbons (Fsp3) is 0.958. The van der Waals surface area contributed by atoms with Crippen molar-refractivity contribution in [1.82, 2.24) is 0 Å². The van der Waals surface area contributed by atoms with Crippen molar-refractivity contribution in [2.45, 2.75) is 143 Å². The Balaban J connectivity index is 6.07. The summed E-state index contributed by atoms with van der Waals surface area (Å²) in [6.45, 7) is 26.2. The molecule has 0 radical (unpaired) electrons. The number of carbonyl (C=O) groups excluding carboxylic acids is 1. The van der Waals surface area contributed by atoms with Gasteiger partial charge in [-0.2, -0.15) is 0 Å². The molecule has 0 aromatic heterocycles. The molecule has 4 atom stereocenters. The zero-order valence-electron chi connectivity index (χ0n) is 22.9. The van der Waals surface area contributed by atoms with Crippen molar-refractivity contribution >= 4 is 30.7 Å². The van der Waals surface area contributed by atoms with Crippen LogP contribution in [0.15, 0.2) is 0 Å². The van der Waals surface area contributed by atoms with Gasteiger partial charge in [0.25, 0.3) is 0 Å². The van der Waals surface area contributed by atoms with Gasteiger partial charge in [0.2, 0.25) is 0 Å². The first-order valence-corrected chi connectivity index (χ1v) is 21.3. The van der Waals surface area contributed by atoms with Crippen LogP contribution in [0.2, 0.25) is 55.9 Å². The van der Waals surface area contributed by atoms with E-state index >= 15 is 0 Å². The van der Waals surface area contributed by atoms with E-state index in [1.165, 1.54) is 0 Å². The maximum atomic E-state index is 13.0. The summed E-state index contributed by atoms with van der Waals surface area (Å²) in [5.41, 5.74) is 0. The van der Waals surface area contributed by atoms with Crippen LogP contribution < -0.4 is 0 Å². The van der Waals surface area contributed by atoms with Crippen molar-refractivity contribution in [2.24, 2.45) is 5.92 Å². The first kappa shape index (κ1) is 31.2. The van der Waals surface area contributed by atoms with Gasteiger partial charge in [-0.05, 0) is 82.1 Å². The van der Waals surface area contributed by atoms with Gasteiger partial charge >= 0.3 is 0 Å². The second kappa shape index (κ2) is 13.8. The molecule has 31 heavy (non-hydrogen) atoms. The summed E-state index contributed by atoms with van der Waals surface area (Å²) in [6, 6.07) is 6.35. The van der Waals surface area contributed by atoms with E-state index < -0.39 is 31.1 Å². The number of rotatable bonds is 17. The Bertz CT molecular complexity index is 497. The van der Waals surface area contributed by atoms with E-state index in [2.05, 4.69) is 75.0 Å². The summed E-state index contributed by atoms with van der Waals surface area (Å²) in [6.07, 6.45) is 0.403. The SMILES string of the molecule is CC[Si](CC)(CC)O[C@@H]([C@H](C)C[C@H](C)O[Si](C)(C)C)[C@@H](O[Si](CC)(CC)CC)C(C)=O. The molecule has 0 aromatic carbocycles. The lowest BCUT2D eigenvalue weighted by molar-refractivity contribution is -0.130. The molecule has 0 aromatic rings. The third kappa shape index (κ3) is 9.92. The molecule has 0 amide bonds. The van der Waals surface area contributed by atoms with Crippen LogP contribution in [0, 0.1) is 5.92 Å². The predicted molar refractivity (Wildman–Crippen MR) is 142 cm³/mol. The molecule has 0 rings (SSSR count). The highest BCUT2D eigenvalue weighted by molar-refractivity contribution is 6.74. The summed E-state index contributed by atoms with van der Waals surface area (Å²) < 4.78 is 20.2. The molecule has 0 unspecified atom stereocenters. The van der Waals surface area contributed by atoms with Gasteiger partial charge in [0.1, 0.15) is 6.10 Å². The highest BCUT2D eigenvalue weighted by atomic mass is 28.4. The summed E-state index contributed by atoms with van der Waals surface area (Å²) in [7, 11) is -5.47. The highest BCUT2D eigenvalue weighted by Gasteiger charge is 2.43. The molecule has 186 valence electrons. The minimum absolute atomic E-state index is 0.119. The molecule has 0 heterocycles. The van der Waals surface area contributed by atoms with E-state index in [1.54, 1.807) is 6.92 Å². The Morgan fingerprint density at radius 1 is 0.710 bits per heavy atom. The first-order chi connectivity index (χ1) is 14.3. The third-order valence-electron chi connectivity index (χ3n) is 7.15. The number of hydrogen-bond donors (Lipinski definition) is 0. The Labute approximate surface area is 197 Å². The predicted octanol–water partition coefficient (Wildman–Crippen LogP) is 7.62. The lowest BCUT2D eigenvalue weighted by Gasteiger charge is -2.43. The average molecular weight is 491 g/mol. The van der Waals surface area contributed by atoms with Crippen LogP contribution >= 0.6 is 0 Å². The Morgan fingerprint density at radius 2 is 1.10 bits per heavy atom. The monoisotopic (exact) mass is 490 g/mol. The molecule has 4 nitrogen and oxygen atoms in total. The van der Waals surface area contributed by atoms with E-state index in [1.807, 2.05) is 0 Å².